The Hall–Kier alpha value is -4.22. The van der Waals surface area contributed by atoms with Crippen molar-refractivity contribution in [2.45, 2.75) is 6.04 Å². The molecule has 0 unspecified atom stereocenters. The summed E-state index contributed by atoms with van der Waals surface area (Å²) in [4.78, 5) is 21.2. The molecule has 182 valence electrons. The van der Waals surface area contributed by atoms with Crippen LogP contribution in [0.25, 0.3) is 16.5 Å². The molecular weight excluding hydrogens is 480 g/mol. The Balaban J connectivity index is 1.35. The van der Waals surface area contributed by atoms with E-state index in [4.69, 9.17) is 4.42 Å². The number of hydrogen-bond donors (Lipinski definition) is 1. The molecule has 0 radical (unpaired) electrons. The normalized spacial score (nSPS) is 15.4. The highest BCUT2D eigenvalue weighted by Crippen LogP contribution is 2.41. The number of anilines is 1. The van der Waals surface area contributed by atoms with Crippen LogP contribution in [0.15, 0.2) is 77.4 Å². The lowest BCUT2D eigenvalue weighted by Gasteiger charge is -2.40. The van der Waals surface area contributed by atoms with Crippen LogP contribution in [0.2, 0.25) is 0 Å². The van der Waals surface area contributed by atoms with Gasteiger partial charge in [0.2, 0.25) is 16.7 Å². The third-order valence-electron chi connectivity index (χ3n) is 6.41. The zero-order valence-electron chi connectivity index (χ0n) is 19.1. The smallest absolute Gasteiger partial charge is 0.269 e. The van der Waals surface area contributed by atoms with Crippen molar-refractivity contribution < 1.29 is 14.4 Å². The number of rotatable bonds is 6. The average Bonchev–Trinajstić information content (AvgIpc) is 3.65. The van der Waals surface area contributed by atoms with Gasteiger partial charge in [-0.05, 0) is 29.8 Å². The molecule has 4 heterocycles. The second kappa shape index (κ2) is 9.10. The van der Waals surface area contributed by atoms with Gasteiger partial charge >= 0.3 is 0 Å². The third kappa shape index (κ3) is 3.97. The molecular formula is C25H22N6O4S. The number of hydrogen-bond acceptors (Lipinski definition) is 9. The first kappa shape index (κ1) is 22.3. The SMILES string of the molecule is O=[N+]([O-])c1ccc([C@H](c2sc3nc(-c4ccco4)nn3c2O)N2CCN(c3ccccc3)CC2)cc1. The van der Waals surface area contributed by atoms with E-state index in [2.05, 4.69) is 32.0 Å². The van der Waals surface area contributed by atoms with Gasteiger partial charge in [-0.2, -0.15) is 9.50 Å². The molecule has 1 saturated heterocycles. The number of piperazine rings is 1. The minimum Gasteiger partial charge on any atom is -0.492 e. The van der Waals surface area contributed by atoms with E-state index in [0.717, 1.165) is 31.7 Å². The molecule has 1 aliphatic heterocycles. The molecule has 5 aromatic rings. The Morgan fingerprint density at radius 1 is 1.00 bits per heavy atom. The van der Waals surface area contributed by atoms with Crippen molar-refractivity contribution in [3.63, 3.8) is 0 Å². The van der Waals surface area contributed by atoms with Crippen molar-refractivity contribution in [3.8, 4) is 17.5 Å². The predicted molar refractivity (Wildman–Crippen MR) is 135 cm³/mol. The number of benzene rings is 2. The van der Waals surface area contributed by atoms with Crippen LogP contribution in [0, 0.1) is 10.1 Å². The summed E-state index contributed by atoms with van der Waals surface area (Å²) in [6.07, 6.45) is 1.55. The summed E-state index contributed by atoms with van der Waals surface area (Å²) in [5.41, 5.74) is 2.07. The molecule has 0 amide bonds. The van der Waals surface area contributed by atoms with Gasteiger partial charge in [0, 0.05) is 44.0 Å². The van der Waals surface area contributed by atoms with Gasteiger partial charge in [-0.3, -0.25) is 15.0 Å². The summed E-state index contributed by atoms with van der Waals surface area (Å²) in [7, 11) is 0. The molecule has 0 aliphatic carbocycles. The number of furan rings is 1. The highest BCUT2D eigenvalue weighted by Gasteiger charge is 2.32. The van der Waals surface area contributed by atoms with Crippen LogP contribution in [0.1, 0.15) is 16.5 Å². The maximum Gasteiger partial charge on any atom is 0.269 e. The van der Waals surface area contributed by atoms with E-state index in [1.807, 2.05) is 18.2 Å². The average molecular weight is 503 g/mol. The van der Waals surface area contributed by atoms with E-state index < -0.39 is 4.92 Å². The summed E-state index contributed by atoms with van der Waals surface area (Å²) < 4.78 is 6.82. The summed E-state index contributed by atoms with van der Waals surface area (Å²) in [5.74, 6) is 0.932. The number of non-ortho nitro benzene ring substituents is 1. The molecule has 1 N–H and O–H groups in total. The lowest BCUT2D eigenvalue weighted by molar-refractivity contribution is -0.384. The minimum atomic E-state index is -0.409. The van der Waals surface area contributed by atoms with E-state index in [9.17, 15) is 15.2 Å². The van der Waals surface area contributed by atoms with Crippen molar-refractivity contribution in [2.75, 3.05) is 31.1 Å². The van der Waals surface area contributed by atoms with Crippen molar-refractivity contribution in [1.82, 2.24) is 19.5 Å². The van der Waals surface area contributed by atoms with E-state index >= 15 is 0 Å². The molecule has 0 saturated carbocycles. The lowest BCUT2D eigenvalue weighted by Crippen LogP contribution is -2.47. The van der Waals surface area contributed by atoms with Crippen LogP contribution in [0.4, 0.5) is 11.4 Å². The standard InChI is InChI=1S/C25H22N6O4S/c32-24-22(36-25-26-23(27-30(24)25)20-7-4-16-35-20)21(17-8-10-19(11-9-17)31(33)34)29-14-12-28(13-15-29)18-5-2-1-3-6-18/h1-11,16,21,32H,12-15H2/t21-/m1/s1. The fraction of sp³-hybridized carbons (Fsp3) is 0.200. The van der Waals surface area contributed by atoms with Gasteiger partial charge < -0.3 is 14.4 Å². The van der Waals surface area contributed by atoms with Gasteiger partial charge in [0.15, 0.2) is 5.76 Å². The van der Waals surface area contributed by atoms with E-state index in [1.54, 1.807) is 30.5 Å². The van der Waals surface area contributed by atoms with Crippen molar-refractivity contribution in [1.29, 1.82) is 0 Å². The number of fused-ring (bicyclic) bond motifs is 1. The molecule has 36 heavy (non-hydrogen) atoms. The number of aromatic nitrogens is 3. The zero-order valence-corrected chi connectivity index (χ0v) is 19.9. The minimum absolute atomic E-state index is 0.00847. The molecule has 11 heteroatoms. The Kier molecular flexibility index (Phi) is 5.62. The van der Waals surface area contributed by atoms with Crippen molar-refractivity contribution in [3.05, 3.63) is 93.5 Å². The van der Waals surface area contributed by atoms with Crippen LogP contribution < -0.4 is 4.90 Å². The molecule has 1 atom stereocenters. The number of aromatic hydroxyl groups is 1. The molecule has 0 spiro atoms. The Morgan fingerprint density at radius 2 is 1.75 bits per heavy atom. The molecule has 3 aromatic heterocycles. The fourth-order valence-corrected chi connectivity index (χ4v) is 5.74. The van der Waals surface area contributed by atoms with Crippen LogP contribution in [0.3, 0.4) is 0 Å². The monoisotopic (exact) mass is 502 g/mol. The summed E-state index contributed by atoms with van der Waals surface area (Å²) in [6.45, 7) is 3.14. The molecule has 6 rings (SSSR count). The number of para-hydroxylation sites is 1. The molecule has 1 aliphatic rings. The van der Waals surface area contributed by atoms with Crippen LogP contribution in [-0.2, 0) is 0 Å². The molecule has 10 nitrogen and oxygen atoms in total. The molecule has 0 bridgehead atoms. The van der Waals surface area contributed by atoms with E-state index in [0.29, 0.717) is 21.4 Å². The third-order valence-corrected chi connectivity index (χ3v) is 7.48. The van der Waals surface area contributed by atoms with E-state index in [-0.39, 0.29) is 17.6 Å². The first-order chi connectivity index (χ1) is 17.6. The fourth-order valence-electron chi connectivity index (χ4n) is 4.62. The maximum absolute atomic E-state index is 11.2. The van der Waals surface area contributed by atoms with Gasteiger partial charge in [-0.25, -0.2) is 0 Å². The van der Waals surface area contributed by atoms with Gasteiger partial charge in [0.1, 0.15) is 0 Å². The van der Waals surface area contributed by atoms with E-state index in [1.165, 1.54) is 33.7 Å². The Bertz CT molecular complexity index is 1490. The largest absolute Gasteiger partial charge is 0.492 e. The quantitative estimate of drug-likeness (QED) is 0.265. The number of nitrogens with zero attached hydrogens (tertiary/aromatic N) is 6. The van der Waals surface area contributed by atoms with Crippen LogP contribution >= 0.6 is 11.3 Å². The van der Waals surface area contributed by atoms with Gasteiger partial charge in [-0.15, -0.1) is 5.10 Å². The highest BCUT2D eigenvalue weighted by molar-refractivity contribution is 7.17. The maximum atomic E-state index is 11.2. The number of thiazole rings is 1. The van der Waals surface area contributed by atoms with Gasteiger partial charge in [-0.1, -0.05) is 41.7 Å². The zero-order chi connectivity index (χ0) is 24.6. The second-order valence-electron chi connectivity index (χ2n) is 8.51. The Morgan fingerprint density at radius 3 is 2.39 bits per heavy atom. The van der Waals surface area contributed by atoms with Crippen LogP contribution in [-0.4, -0.2) is 55.7 Å². The first-order valence-corrected chi connectivity index (χ1v) is 12.3. The Labute approximate surface area is 209 Å². The number of nitro benzene ring substituents is 1. The van der Waals surface area contributed by atoms with Gasteiger partial charge in [0.05, 0.1) is 22.1 Å². The predicted octanol–water partition coefficient (Wildman–Crippen LogP) is 4.58. The van der Waals surface area contributed by atoms with Gasteiger partial charge in [0.25, 0.3) is 5.69 Å². The number of nitro groups is 1. The molecule has 1 fully saturated rings. The summed E-state index contributed by atoms with van der Waals surface area (Å²) in [5, 5.41) is 26.9. The molecule has 2 aromatic carbocycles. The topological polar surface area (TPSA) is 113 Å². The first-order valence-electron chi connectivity index (χ1n) is 11.5. The highest BCUT2D eigenvalue weighted by atomic mass is 32.1. The van der Waals surface area contributed by atoms with Crippen LogP contribution in [0.5, 0.6) is 5.88 Å². The van der Waals surface area contributed by atoms with Crippen molar-refractivity contribution >= 4 is 27.7 Å². The second-order valence-corrected chi connectivity index (χ2v) is 9.52. The lowest BCUT2D eigenvalue weighted by atomic mass is 10.0. The van der Waals surface area contributed by atoms with Crippen molar-refractivity contribution in [2.24, 2.45) is 0 Å². The summed E-state index contributed by atoms with van der Waals surface area (Å²) >= 11 is 1.35. The summed E-state index contributed by atoms with van der Waals surface area (Å²) in [6, 6.07) is 20.0.